The quantitative estimate of drug-likeness (QED) is 0.302. The van der Waals surface area contributed by atoms with Gasteiger partial charge in [-0.2, -0.15) is 0 Å². The monoisotopic (exact) mass is 502 g/mol. The molecule has 3 aromatic rings. The minimum Gasteiger partial charge on any atom is -0.505 e. The number of aliphatic hydroxyl groups is 1. The Balaban J connectivity index is 1.55. The van der Waals surface area contributed by atoms with Gasteiger partial charge >= 0.3 is 0 Å². The van der Waals surface area contributed by atoms with Gasteiger partial charge in [0.2, 0.25) is 0 Å². The van der Waals surface area contributed by atoms with Gasteiger partial charge in [0.25, 0.3) is 11.7 Å². The molecule has 1 unspecified atom stereocenters. The maximum atomic E-state index is 13.4. The van der Waals surface area contributed by atoms with Gasteiger partial charge in [0.1, 0.15) is 11.3 Å². The fraction of sp³-hybridized carbons (Fsp3) is 0.414. The van der Waals surface area contributed by atoms with E-state index in [2.05, 4.69) is 16.8 Å². The molecule has 37 heavy (non-hydrogen) atoms. The van der Waals surface area contributed by atoms with E-state index in [-0.39, 0.29) is 11.3 Å². The smallest absolute Gasteiger partial charge is 0.295 e. The SMILES string of the molecule is CCc1ccc(C2/C(=C(\O)c3nc4c(C)cccn4c3C)C(=O)C(=O)N2CCCN2CCOCC2)cc1. The van der Waals surface area contributed by atoms with E-state index in [1.54, 1.807) is 4.90 Å². The molecule has 0 radical (unpaired) electrons. The van der Waals surface area contributed by atoms with Crippen molar-refractivity contribution in [3.05, 3.63) is 76.2 Å². The lowest BCUT2D eigenvalue weighted by atomic mass is 9.95. The van der Waals surface area contributed by atoms with E-state index in [4.69, 9.17) is 4.74 Å². The molecule has 4 heterocycles. The summed E-state index contributed by atoms with van der Waals surface area (Å²) in [5, 5.41) is 11.5. The highest BCUT2D eigenvalue weighted by Crippen LogP contribution is 2.40. The summed E-state index contributed by atoms with van der Waals surface area (Å²) in [6.45, 7) is 10.3. The van der Waals surface area contributed by atoms with Crippen molar-refractivity contribution < 1.29 is 19.4 Å². The summed E-state index contributed by atoms with van der Waals surface area (Å²) in [5.41, 5.74) is 4.79. The second kappa shape index (κ2) is 10.5. The summed E-state index contributed by atoms with van der Waals surface area (Å²) in [5.74, 6) is -1.47. The third kappa shape index (κ3) is 4.67. The van der Waals surface area contributed by atoms with Crippen LogP contribution >= 0.6 is 0 Å². The van der Waals surface area contributed by atoms with Gasteiger partial charge in [0.15, 0.2) is 5.76 Å². The molecule has 194 valence electrons. The number of nitrogens with zero attached hydrogens (tertiary/aromatic N) is 4. The number of imidazole rings is 1. The summed E-state index contributed by atoms with van der Waals surface area (Å²) in [7, 11) is 0. The maximum absolute atomic E-state index is 13.4. The molecule has 0 saturated carbocycles. The molecule has 2 aliphatic heterocycles. The normalized spacial score (nSPS) is 20.3. The number of likely N-dealkylation sites (tertiary alicyclic amines) is 1. The molecule has 0 aliphatic carbocycles. The first-order chi connectivity index (χ1) is 17.9. The molecule has 2 aromatic heterocycles. The van der Waals surface area contributed by atoms with Gasteiger partial charge in [-0.25, -0.2) is 4.98 Å². The maximum Gasteiger partial charge on any atom is 0.295 e. The lowest BCUT2D eigenvalue weighted by molar-refractivity contribution is -0.140. The first-order valence-electron chi connectivity index (χ1n) is 13.0. The molecule has 8 heteroatoms. The van der Waals surface area contributed by atoms with Gasteiger partial charge in [-0.15, -0.1) is 0 Å². The second-order valence-electron chi connectivity index (χ2n) is 9.83. The third-order valence-electron chi connectivity index (χ3n) is 7.53. The minimum atomic E-state index is -0.666. The van der Waals surface area contributed by atoms with Gasteiger partial charge in [-0.05, 0) is 49.4 Å². The van der Waals surface area contributed by atoms with E-state index in [1.165, 1.54) is 5.56 Å². The number of amides is 1. The van der Waals surface area contributed by atoms with E-state index in [1.807, 2.05) is 60.8 Å². The first kappa shape index (κ1) is 25.2. The lowest BCUT2D eigenvalue weighted by Gasteiger charge is -2.29. The number of aromatic nitrogens is 2. The number of carbonyl (C=O) groups is 2. The number of hydrogen-bond donors (Lipinski definition) is 1. The van der Waals surface area contributed by atoms with E-state index in [0.717, 1.165) is 49.3 Å². The van der Waals surface area contributed by atoms with Crippen LogP contribution in [0.3, 0.4) is 0 Å². The summed E-state index contributed by atoms with van der Waals surface area (Å²) < 4.78 is 7.33. The van der Waals surface area contributed by atoms with E-state index in [0.29, 0.717) is 31.1 Å². The number of morpholine rings is 1. The molecule has 2 fully saturated rings. The molecule has 1 aromatic carbocycles. The number of Topliss-reactive ketones (excluding diaryl/α,β-unsaturated/α-hetero) is 1. The molecular formula is C29H34N4O4. The number of benzene rings is 1. The molecule has 2 saturated heterocycles. The van der Waals surface area contributed by atoms with Crippen LogP contribution in [0.25, 0.3) is 11.4 Å². The number of pyridine rings is 1. The average Bonchev–Trinajstić information content (AvgIpc) is 3.39. The van der Waals surface area contributed by atoms with Crippen molar-refractivity contribution in [3.63, 3.8) is 0 Å². The molecule has 1 amide bonds. The molecule has 1 atom stereocenters. The van der Waals surface area contributed by atoms with Crippen LogP contribution in [0.4, 0.5) is 0 Å². The minimum absolute atomic E-state index is 0.102. The molecule has 2 aliphatic rings. The number of ketones is 1. The number of ether oxygens (including phenoxy) is 1. The van der Waals surface area contributed by atoms with Crippen LogP contribution in [0.2, 0.25) is 0 Å². The largest absolute Gasteiger partial charge is 0.505 e. The van der Waals surface area contributed by atoms with Crippen molar-refractivity contribution in [2.45, 2.75) is 39.7 Å². The van der Waals surface area contributed by atoms with Gasteiger partial charge in [-0.1, -0.05) is 37.3 Å². The highest BCUT2D eigenvalue weighted by molar-refractivity contribution is 6.46. The van der Waals surface area contributed by atoms with Crippen LogP contribution in [0.5, 0.6) is 0 Å². The summed E-state index contributed by atoms with van der Waals surface area (Å²) in [6.07, 6.45) is 3.50. The fourth-order valence-corrected chi connectivity index (χ4v) is 5.36. The predicted octanol–water partition coefficient (Wildman–Crippen LogP) is 3.66. The van der Waals surface area contributed by atoms with Gasteiger partial charge in [0.05, 0.1) is 30.5 Å². The zero-order valence-electron chi connectivity index (χ0n) is 21.7. The van der Waals surface area contributed by atoms with Crippen molar-refractivity contribution in [1.29, 1.82) is 0 Å². The van der Waals surface area contributed by atoms with Crippen LogP contribution in [0.15, 0.2) is 48.2 Å². The Hall–Kier alpha value is -3.49. The Morgan fingerprint density at radius 1 is 1.08 bits per heavy atom. The Morgan fingerprint density at radius 2 is 1.81 bits per heavy atom. The van der Waals surface area contributed by atoms with Crippen LogP contribution in [0.1, 0.15) is 47.5 Å². The third-order valence-corrected chi connectivity index (χ3v) is 7.53. The first-order valence-corrected chi connectivity index (χ1v) is 13.0. The van der Waals surface area contributed by atoms with Gasteiger partial charge in [-0.3, -0.25) is 14.5 Å². The molecule has 5 rings (SSSR count). The van der Waals surface area contributed by atoms with Crippen LogP contribution < -0.4 is 0 Å². The molecular weight excluding hydrogens is 468 g/mol. The van der Waals surface area contributed by atoms with E-state index in [9.17, 15) is 14.7 Å². The van der Waals surface area contributed by atoms with Crippen LogP contribution in [-0.4, -0.2) is 75.4 Å². The Kier molecular flexibility index (Phi) is 7.13. The van der Waals surface area contributed by atoms with Crippen molar-refractivity contribution >= 4 is 23.1 Å². The van der Waals surface area contributed by atoms with Crippen molar-refractivity contribution in [2.24, 2.45) is 0 Å². The molecule has 0 spiro atoms. The van der Waals surface area contributed by atoms with Gasteiger partial charge in [0, 0.05) is 32.4 Å². The molecule has 8 nitrogen and oxygen atoms in total. The van der Waals surface area contributed by atoms with E-state index < -0.39 is 17.7 Å². The Morgan fingerprint density at radius 3 is 2.49 bits per heavy atom. The zero-order chi connectivity index (χ0) is 26.1. The topological polar surface area (TPSA) is 87.4 Å². The Labute approximate surface area is 217 Å². The van der Waals surface area contributed by atoms with Crippen molar-refractivity contribution in [2.75, 3.05) is 39.4 Å². The van der Waals surface area contributed by atoms with E-state index >= 15 is 0 Å². The standard InChI is InChI=1S/C29H34N4O4/c1-4-21-8-10-22(11-9-21)25-23(26(34)24-20(3)32-13-5-7-19(2)28(32)30-24)27(35)29(36)33(25)14-6-12-31-15-17-37-18-16-31/h5,7-11,13,25,34H,4,6,12,14-18H2,1-3H3/b26-23+. The highest BCUT2D eigenvalue weighted by atomic mass is 16.5. The van der Waals surface area contributed by atoms with Crippen molar-refractivity contribution in [3.8, 4) is 0 Å². The molecule has 0 bridgehead atoms. The zero-order valence-corrected chi connectivity index (χ0v) is 21.7. The number of hydrogen-bond acceptors (Lipinski definition) is 6. The predicted molar refractivity (Wildman–Crippen MR) is 141 cm³/mol. The lowest BCUT2D eigenvalue weighted by Crippen LogP contribution is -2.38. The summed E-state index contributed by atoms with van der Waals surface area (Å²) in [6, 6.07) is 11.2. The number of fused-ring (bicyclic) bond motifs is 1. The van der Waals surface area contributed by atoms with Crippen LogP contribution in [-0.2, 0) is 20.7 Å². The van der Waals surface area contributed by atoms with Gasteiger partial charge < -0.3 is 19.1 Å². The number of aliphatic hydroxyl groups excluding tert-OH is 1. The Bertz CT molecular complexity index is 1350. The fourth-order valence-electron chi connectivity index (χ4n) is 5.36. The molecule has 1 N–H and O–H groups in total. The van der Waals surface area contributed by atoms with Crippen molar-refractivity contribution in [1.82, 2.24) is 19.2 Å². The number of rotatable bonds is 7. The summed E-state index contributed by atoms with van der Waals surface area (Å²) in [4.78, 5) is 35.4. The van der Waals surface area contributed by atoms with Crippen LogP contribution in [0, 0.1) is 13.8 Å². The second-order valence-corrected chi connectivity index (χ2v) is 9.83. The highest BCUT2D eigenvalue weighted by Gasteiger charge is 2.46. The summed E-state index contributed by atoms with van der Waals surface area (Å²) >= 11 is 0. The number of carbonyl (C=O) groups excluding carboxylic acids is 2. The average molecular weight is 503 g/mol. The number of aryl methyl sites for hydroxylation is 3.